The Morgan fingerprint density at radius 2 is 1.65 bits per heavy atom. The largest absolute Gasteiger partial charge is 0.322 e. The molecule has 0 aliphatic rings. The van der Waals surface area contributed by atoms with Gasteiger partial charge in [0.05, 0.1) is 5.02 Å². The number of ketones is 1. The summed E-state index contributed by atoms with van der Waals surface area (Å²) in [5.41, 5.74) is 1.33. The number of hydrogen-bond acceptors (Lipinski definition) is 2. The molecule has 0 aliphatic carbocycles. The molecule has 102 valence electrons. The molecule has 5 heteroatoms. The van der Waals surface area contributed by atoms with E-state index in [0.717, 1.165) is 0 Å². The molecular weight excluding hydrogens is 281 g/mol. The number of Topliss-reactive ketones (excluding diaryl/α,β-unsaturated/α-hetero) is 1. The van der Waals surface area contributed by atoms with Gasteiger partial charge in [-0.3, -0.25) is 9.59 Å². The number of nitrogens with one attached hydrogen (secondary N) is 1. The first-order valence-corrected chi connectivity index (χ1v) is 6.22. The minimum Gasteiger partial charge on any atom is -0.322 e. The van der Waals surface area contributed by atoms with Crippen LogP contribution in [0.25, 0.3) is 0 Å². The Bertz CT molecular complexity index is 668. The summed E-state index contributed by atoms with van der Waals surface area (Å²) in [5, 5.41) is 2.54. The van der Waals surface area contributed by atoms with E-state index in [9.17, 15) is 14.0 Å². The molecule has 0 bridgehead atoms. The van der Waals surface area contributed by atoms with Crippen molar-refractivity contribution >= 4 is 29.0 Å². The second-order valence-electron chi connectivity index (χ2n) is 4.22. The molecule has 0 spiro atoms. The van der Waals surface area contributed by atoms with Crippen molar-refractivity contribution in [3.05, 3.63) is 64.4 Å². The summed E-state index contributed by atoms with van der Waals surface area (Å²) in [6.45, 7) is 1.45. The number of halogens is 2. The molecule has 0 atom stereocenters. The van der Waals surface area contributed by atoms with Crippen LogP contribution in [0.4, 0.5) is 10.1 Å². The molecule has 0 heterocycles. The smallest absolute Gasteiger partial charge is 0.255 e. The number of amides is 1. The van der Waals surface area contributed by atoms with Crippen LogP contribution in [0.3, 0.4) is 0 Å². The molecule has 0 aromatic heterocycles. The lowest BCUT2D eigenvalue weighted by molar-refractivity contribution is 0.101. The predicted octanol–water partition coefficient (Wildman–Crippen LogP) is 3.93. The fourth-order valence-electron chi connectivity index (χ4n) is 1.63. The molecule has 0 saturated carbocycles. The van der Waals surface area contributed by atoms with Crippen LogP contribution in [-0.4, -0.2) is 11.7 Å². The van der Waals surface area contributed by atoms with Crippen molar-refractivity contribution in [2.24, 2.45) is 0 Å². The standard InChI is InChI=1S/C15H11ClFNO2/c1-9(19)10-2-4-11(5-3-10)15(20)18-12-6-7-14(17)13(16)8-12/h2-8H,1H3,(H,18,20). The maximum atomic E-state index is 13.0. The molecule has 1 amide bonds. The van der Waals surface area contributed by atoms with Gasteiger partial charge < -0.3 is 5.32 Å². The summed E-state index contributed by atoms with van der Waals surface area (Å²) in [6.07, 6.45) is 0. The zero-order valence-electron chi connectivity index (χ0n) is 10.6. The van der Waals surface area contributed by atoms with Crippen LogP contribution in [0, 0.1) is 5.82 Å². The molecule has 0 saturated heterocycles. The maximum Gasteiger partial charge on any atom is 0.255 e. The molecule has 2 aromatic rings. The quantitative estimate of drug-likeness (QED) is 0.871. The lowest BCUT2D eigenvalue weighted by Crippen LogP contribution is -2.12. The van der Waals surface area contributed by atoms with Gasteiger partial charge in [0.25, 0.3) is 5.91 Å². The third kappa shape index (κ3) is 3.22. The van der Waals surface area contributed by atoms with E-state index in [2.05, 4.69) is 5.32 Å². The molecule has 2 rings (SSSR count). The van der Waals surface area contributed by atoms with Gasteiger partial charge in [0.2, 0.25) is 0 Å². The van der Waals surface area contributed by atoms with Gasteiger partial charge in [0.1, 0.15) is 5.82 Å². The summed E-state index contributed by atoms with van der Waals surface area (Å²) in [4.78, 5) is 23.1. The number of rotatable bonds is 3. The highest BCUT2D eigenvalue weighted by Gasteiger charge is 2.08. The van der Waals surface area contributed by atoms with E-state index in [1.165, 1.54) is 25.1 Å². The van der Waals surface area contributed by atoms with Gasteiger partial charge in [-0.25, -0.2) is 4.39 Å². The van der Waals surface area contributed by atoms with Crippen LogP contribution in [-0.2, 0) is 0 Å². The predicted molar refractivity (Wildman–Crippen MR) is 75.8 cm³/mol. The lowest BCUT2D eigenvalue weighted by Gasteiger charge is -2.06. The minimum absolute atomic E-state index is 0.0604. The Balaban J connectivity index is 2.15. The molecule has 3 nitrogen and oxygen atoms in total. The van der Waals surface area contributed by atoms with Gasteiger partial charge in [-0.05, 0) is 37.3 Å². The highest BCUT2D eigenvalue weighted by atomic mass is 35.5. The Hall–Kier alpha value is -2.20. The van der Waals surface area contributed by atoms with Crippen molar-refractivity contribution in [3.8, 4) is 0 Å². The zero-order valence-corrected chi connectivity index (χ0v) is 11.4. The normalized spacial score (nSPS) is 10.2. The van der Waals surface area contributed by atoms with Crippen LogP contribution in [0.15, 0.2) is 42.5 Å². The third-order valence-electron chi connectivity index (χ3n) is 2.73. The Labute approximate surface area is 120 Å². The minimum atomic E-state index is -0.546. The van der Waals surface area contributed by atoms with E-state index in [0.29, 0.717) is 16.8 Å². The highest BCUT2D eigenvalue weighted by molar-refractivity contribution is 6.31. The van der Waals surface area contributed by atoms with Gasteiger partial charge in [-0.2, -0.15) is 0 Å². The Morgan fingerprint density at radius 1 is 1.05 bits per heavy atom. The van der Waals surface area contributed by atoms with Crippen LogP contribution >= 0.6 is 11.6 Å². The molecule has 2 aromatic carbocycles. The average Bonchev–Trinajstić information content (AvgIpc) is 2.43. The van der Waals surface area contributed by atoms with Crippen molar-refractivity contribution < 1.29 is 14.0 Å². The van der Waals surface area contributed by atoms with Gasteiger partial charge in [-0.15, -0.1) is 0 Å². The number of carbonyl (C=O) groups excluding carboxylic acids is 2. The van der Waals surface area contributed by atoms with Crippen LogP contribution in [0.2, 0.25) is 5.02 Å². The number of hydrogen-bond donors (Lipinski definition) is 1. The van der Waals surface area contributed by atoms with E-state index in [4.69, 9.17) is 11.6 Å². The van der Waals surface area contributed by atoms with Gasteiger partial charge in [0, 0.05) is 16.8 Å². The topological polar surface area (TPSA) is 46.2 Å². The summed E-state index contributed by atoms with van der Waals surface area (Å²) < 4.78 is 13.0. The Kier molecular flexibility index (Phi) is 4.15. The van der Waals surface area contributed by atoms with Crippen molar-refractivity contribution in [1.29, 1.82) is 0 Å². The van der Waals surface area contributed by atoms with E-state index in [1.54, 1.807) is 24.3 Å². The molecular formula is C15H11ClFNO2. The van der Waals surface area contributed by atoms with Gasteiger partial charge >= 0.3 is 0 Å². The van der Waals surface area contributed by atoms with E-state index < -0.39 is 5.82 Å². The number of benzene rings is 2. The molecule has 0 fully saturated rings. The van der Waals surface area contributed by atoms with Crippen molar-refractivity contribution in [2.75, 3.05) is 5.32 Å². The first kappa shape index (κ1) is 14.2. The van der Waals surface area contributed by atoms with E-state index in [1.807, 2.05) is 0 Å². The molecule has 0 unspecified atom stereocenters. The second kappa shape index (κ2) is 5.84. The van der Waals surface area contributed by atoms with Crippen LogP contribution < -0.4 is 5.32 Å². The van der Waals surface area contributed by atoms with Crippen molar-refractivity contribution in [2.45, 2.75) is 6.92 Å². The monoisotopic (exact) mass is 291 g/mol. The first-order valence-electron chi connectivity index (χ1n) is 5.85. The van der Waals surface area contributed by atoms with Crippen molar-refractivity contribution in [3.63, 3.8) is 0 Å². The van der Waals surface area contributed by atoms with E-state index >= 15 is 0 Å². The van der Waals surface area contributed by atoms with Crippen molar-refractivity contribution in [1.82, 2.24) is 0 Å². The summed E-state index contributed by atoms with van der Waals surface area (Å²) in [5.74, 6) is -0.972. The lowest BCUT2D eigenvalue weighted by atomic mass is 10.1. The maximum absolute atomic E-state index is 13.0. The van der Waals surface area contributed by atoms with E-state index in [-0.39, 0.29) is 16.7 Å². The zero-order chi connectivity index (χ0) is 14.7. The molecule has 0 aliphatic heterocycles. The number of anilines is 1. The highest BCUT2D eigenvalue weighted by Crippen LogP contribution is 2.20. The molecule has 1 N–H and O–H groups in total. The SMILES string of the molecule is CC(=O)c1ccc(C(=O)Nc2ccc(F)c(Cl)c2)cc1. The molecule has 20 heavy (non-hydrogen) atoms. The summed E-state index contributed by atoms with van der Waals surface area (Å²) in [6, 6.07) is 10.2. The van der Waals surface area contributed by atoms with Gasteiger partial charge in [0.15, 0.2) is 5.78 Å². The van der Waals surface area contributed by atoms with Gasteiger partial charge in [-0.1, -0.05) is 23.7 Å². The number of carbonyl (C=O) groups is 2. The first-order chi connectivity index (χ1) is 9.47. The molecule has 0 radical (unpaired) electrons. The van der Waals surface area contributed by atoms with Crippen LogP contribution in [0.5, 0.6) is 0 Å². The Morgan fingerprint density at radius 3 is 2.20 bits per heavy atom. The fourth-order valence-corrected chi connectivity index (χ4v) is 1.81. The third-order valence-corrected chi connectivity index (χ3v) is 3.02. The summed E-state index contributed by atoms with van der Waals surface area (Å²) in [7, 11) is 0. The summed E-state index contributed by atoms with van der Waals surface area (Å²) >= 11 is 5.64. The second-order valence-corrected chi connectivity index (χ2v) is 4.62. The average molecular weight is 292 g/mol. The fraction of sp³-hybridized carbons (Fsp3) is 0.0667. The van der Waals surface area contributed by atoms with Crippen LogP contribution in [0.1, 0.15) is 27.6 Å².